The van der Waals surface area contributed by atoms with Gasteiger partial charge in [-0.1, -0.05) is 5.11 Å². The molecule has 0 aromatic carbocycles. The molecule has 0 aromatic heterocycles. The Labute approximate surface area is 50.4 Å². The molecule has 0 saturated carbocycles. The van der Waals surface area contributed by atoms with Gasteiger partial charge in [0.15, 0.2) is 5.72 Å². The number of nitrogens with zero attached hydrogens (tertiary/aromatic N) is 3. The van der Waals surface area contributed by atoms with Gasteiger partial charge >= 0.3 is 0 Å². The van der Waals surface area contributed by atoms with E-state index in [-0.39, 0.29) is 0 Å². The summed E-state index contributed by atoms with van der Waals surface area (Å²) in [6, 6.07) is 0. The Kier molecular flexibility index (Phi) is 2.01. The predicted molar refractivity (Wildman–Crippen MR) is 24.8 cm³/mol. The summed E-state index contributed by atoms with van der Waals surface area (Å²) in [7, 11) is 0. The summed E-state index contributed by atoms with van der Waals surface area (Å²) < 4.78 is 0. The van der Waals surface area contributed by atoms with Crippen LogP contribution in [0, 0.1) is 0 Å². The van der Waals surface area contributed by atoms with Crippen LogP contribution < -0.4 is 5.11 Å². The highest BCUT2D eigenvalue weighted by Gasteiger charge is 2.18. The molecule has 0 heterocycles. The average Bonchev–Trinajstić information content (AvgIpc) is 1.65. The number of hydrogen-bond donors (Lipinski definition) is 1. The lowest BCUT2D eigenvalue weighted by Crippen LogP contribution is -2.43. The highest BCUT2D eigenvalue weighted by Crippen LogP contribution is 2.01. The first-order chi connectivity index (χ1) is 4.00. The maximum atomic E-state index is 9.78. The van der Waals surface area contributed by atoms with Crippen LogP contribution in [-0.2, 0) is 4.79 Å². The van der Waals surface area contributed by atoms with Crippen molar-refractivity contribution in [1.29, 1.82) is 0 Å². The average molecular weight is 130 g/mol. The van der Waals surface area contributed by atoms with Gasteiger partial charge in [0.05, 0.1) is 5.97 Å². The number of carbonyl (C=O) groups is 1. The molecule has 0 aliphatic rings. The van der Waals surface area contributed by atoms with Gasteiger partial charge in [-0.25, -0.2) is 0 Å². The summed E-state index contributed by atoms with van der Waals surface area (Å²) in [6.07, 6.45) is 0. The second kappa shape index (κ2) is 2.34. The molecule has 1 N–H and O–H groups in total. The van der Waals surface area contributed by atoms with E-state index in [9.17, 15) is 9.90 Å². The summed E-state index contributed by atoms with van der Waals surface area (Å²) in [5, 5.41) is 20.8. The summed E-state index contributed by atoms with van der Waals surface area (Å²) in [5.41, 5.74) is 5.22. The molecule has 0 bridgehead atoms. The highest BCUT2D eigenvalue weighted by atomic mass is 16.4. The van der Waals surface area contributed by atoms with Crippen LogP contribution in [0.25, 0.3) is 10.4 Å². The second-order valence-corrected chi connectivity index (χ2v) is 1.50. The standard InChI is InChI=1S/C3H5N3O3/c1-3(9,2(7)8)5-6-4/h9H,1H3,(H,7,8)/p-1. The molecule has 0 radical (unpaired) electrons. The van der Waals surface area contributed by atoms with Gasteiger partial charge in [0.2, 0.25) is 0 Å². The molecule has 0 spiro atoms. The molecule has 0 fully saturated rings. The smallest absolute Gasteiger partial charge is 0.180 e. The number of azide groups is 1. The minimum Gasteiger partial charge on any atom is -0.547 e. The van der Waals surface area contributed by atoms with Crippen molar-refractivity contribution in [1.82, 2.24) is 0 Å². The third-order valence-corrected chi connectivity index (χ3v) is 0.626. The first-order valence-corrected chi connectivity index (χ1v) is 2.01. The fourth-order valence-corrected chi connectivity index (χ4v) is 0.128. The fourth-order valence-electron chi connectivity index (χ4n) is 0.128. The summed E-state index contributed by atoms with van der Waals surface area (Å²) in [4.78, 5) is 11.9. The summed E-state index contributed by atoms with van der Waals surface area (Å²) >= 11 is 0. The zero-order valence-corrected chi connectivity index (χ0v) is 4.61. The van der Waals surface area contributed by atoms with Crippen molar-refractivity contribution in [3.63, 3.8) is 0 Å². The zero-order chi connectivity index (χ0) is 7.49. The Morgan fingerprint density at radius 2 is 2.44 bits per heavy atom. The molecular weight excluding hydrogens is 126 g/mol. The SMILES string of the molecule is CC(O)(N=[N+]=[N-])C(=O)[O-]. The lowest BCUT2D eigenvalue weighted by molar-refractivity contribution is -0.323. The monoisotopic (exact) mass is 130 g/mol. The zero-order valence-electron chi connectivity index (χ0n) is 4.61. The quantitative estimate of drug-likeness (QED) is 0.286. The maximum Gasteiger partial charge on any atom is 0.180 e. The molecule has 1 unspecified atom stereocenters. The first-order valence-electron chi connectivity index (χ1n) is 2.01. The Morgan fingerprint density at radius 3 is 2.56 bits per heavy atom. The predicted octanol–water partition coefficient (Wildman–Crippen LogP) is -1.24. The number of carboxylic acid groups (broad SMARTS) is 1. The van der Waals surface area contributed by atoms with Crippen molar-refractivity contribution in [2.24, 2.45) is 5.11 Å². The van der Waals surface area contributed by atoms with Gasteiger partial charge in [-0.15, -0.1) is 0 Å². The van der Waals surface area contributed by atoms with E-state index in [2.05, 4.69) is 10.0 Å². The highest BCUT2D eigenvalue weighted by molar-refractivity contribution is 5.73. The molecule has 0 aliphatic heterocycles. The molecule has 1 atom stereocenters. The third-order valence-electron chi connectivity index (χ3n) is 0.626. The molecule has 9 heavy (non-hydrogen) atoms. The first kappa shape index (κ1) is 7.74. The largest absolute Gasteiger partial charge is 0.547 e. The number of aliphatic carboxylic acids is 1. The van der Waals surface area contributed by atoms with Gasteiger partial charge in [0.1, 0.15) is 0 Å². The van der Waals surface area contributed by atoms with Crippen LogP contribution in [0.3, 0.4) is 0 Å². The number of carboxylic acids is 1. The number of rotatable bonds is 2. The molecule has 0 aromatic rings. The van der Waals surface area contributed by atoms with Gasteiger partial charge in [-0.05, 0) is 12.5 Å². The molecule has 0 aliphatic carbocycles. The molecule has 50 valence electrons. The third kappa shape index (κ3) is 1.98. The van der Waals surface area contributed by atoms with Crippen LogP contribution in [0.2, 0.25) is 0 Å². The van der Waals surface area contributed by atoms with E-state index in [0.29, 0.717) is 0 Å². The molecule has 0 rings (SSSR count). The van der Waals surface area contributed by atoms with Gasteiger partial charge < -0.3 is 15.0 Å². The van der Waals surface area contributed by atoms with Gasteiger partial charge in [-0.3, -0.25) is 0 Å². The van der Waals surface area contributed by atoms with Crippen LogP contribution in [0.15, 0.2) is 5.11 Å². The normalized spacial score (nSPS) is 15.3. The van der Waals surface area contributed by atoms with Crippen LogP contribution in [0.5, 0.6) is 0 Å². The number of hydrogen-bond acceptors (Lipinski definition) is 4. The number of aliphatic hydroxyl groups is 1. The van der Waals surface area contributed by atoms with E-state index >= 15 is 0 Å². The van der Waals surface area contributed by atoms with Crippen molar-refractivity contribution in [3.05, 3.63) is 10.4 Å². The Bertz CT molecular complexity index is 165. The minimum atomic E-state index is -2.44. The van der Waals surface area contributed by atoms with Crippen molar-refractivity contribution in [2.75, 3.05) is 0 Å². The van der Waals surface area contributed by atoms with E-state index in [1.807, 2.05) is 0 Å². The van der Waals surface area contributed by atoms with E-state index < -0.39 is 11.7 Å². The van der Waals surface area contributed by atoms with Crippen LogP contribution >= 0.6 is 0 Å². The van der Waals surface area contributed by atoms with Crippen molar-refractivity contribution >= 4 is 5.97 Å². The molecule has 6 heteroatoms. The van der Waals surface area contributed by atoms with Crippen LogP contribution in [-0.4, -0.2) is 16.8 Å². The molecule has 6 nitrogen and oxygen atoms in total. The Morgan fingerprint density at radius 1 is 2.00 bits per heavy atom. The van der Waals surface area contributed by atoms with Gasteiger partial charge in [-0.2, -0.15) is 0 Å². The summed E-state index contributed by atoms with van der Waals surface area (Å²) in [6.45, 7) is 0.821. The van der Waals surface area contributed by atoms with E-state index in [0.717, 1.165) is 6.92 Å². The lowest BCUT2D eigenvalue weighted by Gasteiger charge is -2.16. The van der Waals surface area contributed by atoms with Crippen molar-refractivity contribution in [3.8, 4) is 0 Å². The van der Waals surface area contributed by atoms with Gasteiger partial charge in [0, 0.05) is 4.91 Å². The molecule has 0 amide bonds. The van der Waals surface area contributed by atoms with Gasteiger partial charge in [0.25, 0.3) is 0 Å². The molecular formula is C3H4N3O3-. The van der Waals surface area contributed by atoms with Crippen LogP contribution in [0.1, 0.15) is 6.92 Å². The minimum absolute atomic E-state index is 0.821. The fraction of sp³-hybridized carbons (Fsp3) is 0.667. The van der Waals surface area contributed by atoms with E-state index in [1.165, 1.54) is 0 Å². The van der Waals surface area contributed by atoms with Crippen molar-refractivity contribution in [2.45, 2.75) is 12.6 Å². The van der Waals surface area contributed by atoms with Crippen LogP contribution in [0.4, 0.5) is 0 Å². The summed E-state index contributed by atoms with van der Waals surface area (Å²) in [5.74, 6) is -1.82. The molecule has 0 saturated heterocycles. The lowest BCUT2D eigenvalue weighted by atomic mass is 10.3. The van der Waals surface area contributed by atoms with E-state index in [4.69, 9.17) is 10.6 Å². The topological polar surface area (TPSA) is 109 Å². The van der Waals surface area contributed by atoms with E-state index in [1.54, 1.807) is 0 Å². The Hall–Kier alpha value is -1.26. The Balaban J connectivity index is 4.37. The maximum absolute atomic E-state index is 9.78. The van der Waals surface area contributed by atoms with Crippen molar-refractivity contribution < 1.29 is 15.0 Å². The number of carbonyl (C=O) groups excluding carboxylic acids is 1. The second-order valence-electron chi connectivity index (χ2n) is 1.50.